The molecule has 0 aliphatic carbocycles. The molecule has 4 rings (SSSR count). The Hall–Kier alpha value is -3.55. The van der Waals surface area contributed by atoms with Gasteiger partial charge in [-0.25, -0.2) is 4.68 Å². The Kier molecular flexibility index (Phi) is 3.69. The Morgan fingerprint density at radius 3 is 2.79 bits per heavy atom. The number of benzene rings is 2. The van der Waals surface area contributed by atoms with Gasteiger partial charge in [-0.15, -0.1) is 5.10 Å². The Balaban J connectivity index is 1.51. The number of para-hydroxylation sites is 1. The van der Waals surface area contributed by atoms with E-state index in [4.69, 9.17) is 9.26 Å². The van der Waals surface area contributed by atoms with E-state index in [0.717, 1.165) is 17.0 Å². The predicted molar refractivity (Wildman–Crippen MR) is 83.2 cm³/mol. The third-order valence-electron chi connectivity index (χ3n) is 3.29. The van der Waals surface area contributed by atoms with Gasteiger partial charge in [-0.2, -0.15) is 4.98 Å². The first-order valence-electron chi connectivity index (χ1n) is 7.23. The van der Waals surface area contributed by atoms with Gasteiger partial charge in [0.05, 0.1) is 5.69 Å². The lowest BCUT2D eigenvalue weighted by Crippen LogP contribution is -1.97. The molecule has 0 radical (unpaired) electrons. The summed E-state index contributed by atoms with van der Waals surface area (Å²) in [5, 5.41) is 15.0. The van der Waals surface area contributed by atoms with Crippen LogP contribution in [0.3, 0.4) is 0 Å². The van der Waals surface area contributed by atoms with Crippen LogP contribution in [-0.4, -0.2) is 30.3 Å². The summed E-state index contributed by atoms with van der Waals surface area (Å²) in [6.07, 6.45) is 1.52. The summed E-state index contributed by atoms with van der Waals surface area (Å²) in [7, 11) is 0. The molecule has 0 bridgehead atoms. The molecule has 0 N–H and O–H groups in total. The second-order valence-electron chi connectivity index (χ2n) is 4.92. The maximum absolute atomic E-state index is 5.61. The van der Waals surface area contributed by atoms with Crippen molar-refractivity contribution in [2.75, 3.05) is 0 Å². The van der Waals surface area contributed by atoms with E-state index >= 15 is 0 Å². The molecule has 0 amide bonds. The minimum Gasteiger partial charge on any atom is -0.485 e. The number of aromatic nitrogens is 6. The van der Waals surface area contributed by atoms with Gasteiger partial charge in [0.2, 0.25) is 5.82 Å². The van der Waals surface area contributed by atoms with E-state index in [0.29, 0.717) is 11.7 Å². The van der Waals surface area contributed by atoms with Crippen LogP contribution in [0.1, 0.15) is 5.82 Å². The minimum atomic E-state index is 0.236. The van der Waals surface area contributed by atoms with Crippen molar-refractivity contribution in [3.05, 3.63) is 66.7 Å². The molecular formula is C16H12N6O2. The van der Waals surface area contributed by atoms with Crippen LogP contribution >= 0.6 is 0 Å². The van der Waals surface area contributed by atoms with Gasteiger partial charge < -0.3 is 9.26 Å². The molecule has 24 heavy (non-hydrogen) atoms. The van der Waals surface area contributed by atoms with Gasteiger partial charge in [0, 0.05) is 5.56 Å². The molecule has 8 heteroatoms. The molecule has 0 atom stereocenters. The van der Waals surface area contributed by atoms with E-state index in [2.05, 4.69) is 25.7 Å². The molecule has 4 aromatic rings. The normalized spacial score (nSPS) is 10.7. The largest absolute Gasteiger partial charge is 0.485 e. The van der Waals surface area contributed by atoms with Crippen LogP contribution < -0.4 is 4.74 Å². The Labute approximate surface area is 136 Å². The first-order valence-corrected chi connectivity index (χ1v) is 7.23. The average molecular weight is 320 g/mol. The highest BCUT2D eigenvalue weighted by atomic mass is 16.5. The number of hydrogen-bond acceptors (Lipinski definition) is 7. The maximum Gasteiger partial charge on any atom is 0.258 e. The van der Waals surface area contributed by atoms with Crippen LogP contribution in [0.25, 0.3) is 17.1 Å². The predicted octanol–water partition coefficient (Wildman–Crippen LogP) is 2.29. The summed E-state index contributed by atoms with van der Waals surface area (Å²) in [5.41, 5.74) is 1.58. The van der Waals surface area contributed by atoms with Crippen LogP contribution in [0.2, 0.25) is 0 Å². The van der Waals surface area contributed by atoms with E-state index in [1.807, 2.05) is 54.6 Å². The van der Waals surface area contributed by atoms with Gasteiger partial charge in [0.15, 0.2) is 6.61 Å². The fraction of sp³-hybridized carbons (Fsp3) is 0.0625. The molecule has 118 valence electrons. The Bertz CT molecular complexity index is 921. The lowest BCUT2D eigenvalue weighted by atomic mass is 10.2. The molecule has 2 aromatic carbocycles. The third kappa shape index (κ3) is 2.98. The van der Waals surface area contributed by atoms with Crippen molar-refractivity contribution in [2.24, 2.45) is 0 Å². The molecule has 0 spiro atoms. The average Bonchev–Trinajstić information content (AvgIpc) is 3.33. The number of rotatable bonds is 5. The van der Waals surface area contributed by atoms with Crippen molar-refractivity contribution in [1.82, 2.24) is 30.3 Å². The van der Waals surface area contributed by atoms with Gasteiger partial charge in [-0.05, 0) is 40.8 Å². The first kappa shape index (κ1) is 14.1. The zero-order valence-electron chi connectivity index (χ0n) is 12.5. The van der Waals surface area contributed by atoms with Crippen molar-refractivity contribution in [2.45, 2.75) is 6.61 Å². The van der Waals surface area contributed by atoms with Crippen molar-refractivity contribution in [1.29, 1.82) is 0 Å². The molecule has 2 heterocycles. The highest BCUT2D eigenvalue weighted by Gasteiger charge is 2.10. The van der Waals surface area contributed by atoms with Crippen LogP contribution in [-0.2, 0) is 6.61 Å². The smallest absolute Gasteiger partial charge is 0.258 e. The summed E-state index contributed by atoms with van der Waals surface area (Å²) < 4.78 is 12.5. The van der Waals surface area contributed by atoms with Crippen LogP contribution in [0.5, 0.6) is 5.75 Å². The Morgan fingerprint density at radius 2 is 1.96 bits per heavy atom. The second kappa shape index (κ2) is 6.29. The number of hydrogen-bond donors (Lipinski definition) is 0. The topological polar surface area (TPSA) is 91.8 Å². The van der Waals surface area contributed by atoms with Crippen LogP contribution in [0.15, 0.2) is 65.4 Å². The van der Waals surface area contributed by atoms with Crippen molar-refractivity contribution in [3.63, 3.8) is 0 Å². The lowest BCUT2D eigenvalue weighted by Gasteiger charge is -2.01. The van der Waals surface area contributed by atoms with E-state index in [9.17, 15) is 0 Å². The van der Waals surface area contributed by atoms with Gasteiger partial charge in [0.1, 0.15) is 12.1 Å². The zero-order chi connectivity index (χ0) is 16.2. The van der Waals surface area contributed by atoms with Gasteiger partial charge in [-0.1, -0.05) is 29.4 Å². The number of ether oxygens (including phenoxy) is 1. The minimum absolute atomic E-state index is 0.236. The van der Waals surface area contributed by atoms with Crippen LogP contribution in [0, 0.1) is 0 Å². The maximum atomic E-state index is 5.61. The standard InChI is InChI=1S/C16H12N6O2/c1-2-7-14(8-3-1)23-10-15-18-16(24-19-15)12-5-4-6-13(9-12)22-11-17-20-21-22/h1-9,11H,10H2. The van der Waals surface area contributed by atoms with Crippen molar-refractivity contribution >= 4 is 0 Å². The quantitative estimate of drug-likeness (QED) is 0.557. The summed E-state index contributed by atoms with van der Waals surface area (Å²) in [6, 6.07) is 17.0. The fourth-order valence-corrected chi connectivity index (χ4v) is 2.16. The van der Waals surface area contributed by atoms with E-state index in [1.165, 1.54) is 6.33 Å². The third-order valence-corrected chi connectivity index (χ3v) is 3.29. The van der Waals surface area contributed by atoms with Crippen molar-refractivity contribution in [3.8, 4) is 22.9 Å². The highest BCUT2D eigenvalue weighted by molar-refractivity contribution is 5.57. The second-order valence-corrected chi connectivity index (χ2v) is 4.92. The molecule has 0 saturated heterocycles. The summed E-state index contributed by atoms with van der Waals surface area (Å²) in [5.74, 6) is 1.64. The molecule has 8 nitrogen and oxygen atoms in total. The summed E-state index contributed by atoms with van der Waals surface area (Å²) in [6.45, 7) is 0.236. The molecule has 0 unspecified atom stereocenters. The van der Waals surface area contributed by atoms with E-state index in [1.54, 1.807) is 4.68 Å². The van der Waals surface area contributed by atoms with Gasteiger partial charge in [-0.3, -0.25) is 0 Å². The van der Waals surface area contributed by atoms with Crippen LogP contribution in [0.4, 0.5) is 0 Å². The summed E-state index contributed by atoms with van der Waals surface area (Å²) >= 11 is 0. The van der Waals surface area contributed by atoms with E-state index in [-0.39, 0.29) is 6.61 Å². The molecular weight excluding hydrogens is 308 g/mol. The zero-order valence-corrected chi connectivity index (χ0v) is 12.5. The molecule has 0 fully saturated rings. The SMILES string of the molecule is c1ccc(OCc2noc(-c3cccc(-n4cnnn4)c3)n2)cc1. The Morgan fingerprint density at radius 1 is 1.04 bits per heavy atom. The monoisotopic (exact) mass is 320 g/mol. The molecule has 0 aliphatic heterocycles. The molecule has 2 aromatic heterocycles. The molecule has 0 aliphatic rings. The number of nitrogens with zero attached hydrogens (tertiary/aromatic N) is 6. The fourth-order valence-electron chi connectivity index (χ4n) is 2.16. The first-order chi connectivity index (χ1) is 11.9. The van der Waals surface area contributed by atoms with Gasteiger partial charge >= 0.3 is 0 Å². The number of tetrazole rings is 1. The highest BCUT2D eigenvalue weighted by Crippen LogP contribution is 2.20. The molecule has 0 saturated carbocycles. The van der Waals surface area contributed by atoms with E-state index < -0.39 is 0 Å². The lowest BCUT2D eigenvalue weighted by molar-refractivity contribution is 0.287. The summed E-state index contributed by atoms with van der Waals surface area (Å²) in [4.78, 5) is 4.35. The van der Waals surface area contributed by atoms with Crippen molar-refractivity contribution < 1.29 is 9.26 Å². The van der Waals surface area contributed by atoms with Gasteiger partial charge in [0.25, 0.3) is 5.89 Å².